The Hall–Kier alpha value is -0.800. The molecule has 0 aliphatic rings. The molecule has 2 rings (SSSR count). The van der Waals surface area contributed by atoms with Crippen molar-refractivity contribution in [1.82, 2.24) is 4.98 Å². The van der Waals surface area contributed by atoms with Crippen molar-refractivity contribution in [1.29, 1.82) is 0 Å². The van der Waals surface area contributed by atoms with E-state index in [-0.39, 0.29) is 0 Å². The molecule has 2 nitrogen and oxygen atoms in total. The molecule has 14 heavy (non-hydrogen) atoms. The molecule has 0 saturated heterocycles. The lowest BCUT2D eigenvalue weighted by Gasteiger charge is -2.00. The second-order valence-corrected chi connectivity index (χ2v) is 4.16. The molecule has 0 saturated carbocycles. The van der Waals surface area contributed by atoms with E-state index in [1.807, 2.05) is 25.1 Å². The fourth-order valence-electron chi connectivity index (χ4n) is 1.17. The van der Waals surface area contributed by atoms with E-state index in [9.17, 15) is 0 Å². The predicted molar refractivity (Wildman–Crippen MR) is 59.4 cm³/mol. The van der Waals surface area contributed by atoms with Gasteiger partial charge in [0.05, 0.1) is 6.20 Å². The van der Waals surface area contributed by atoms with Crippen LogP contribution in [-0.2, 0) is 0 Å². The van der Waals surface area contributed by atoms with E-state index in [0.717, 1.165) is 15.8 Å². The second-order valence-electron chi connectivity index (χ2n) is 2.87. The van der Waals surface area contributed by atoms with Gasteiger partial charge in [-0.1, -0.05) is 27.5 Å². The first-order chi connectivity index (χ1) is 6.66. The van der Waals surface area contributed by atoms with E-state index >= 15 is 0 Å². The first-order valence-electron chi connectivity index (χ1n) is 4.04. The van der Waals surface area contributed by atoms with Gasteiger partial charge in [-0.3, -0.25) is 0 Å². The van der Waals surface area contributed by atoms with Gasteiger partial charge in [-0.15, -0.1) is 0 Å². The zero-order valence-electron chi connectivity index (χ0n) is 7.42. The summed E-state index contributed by atoms with van der Waals surface area (Å²) in [7, 11) is 0. The van der Waals surface area contributed by atoms with E-state index in [4.69, 9.17) is 16.0 Å². The van der Waals surface area contributed by atoms with Crippen LogP contribution in [0.15, 0.2) is 33.3 Å². The van der Waals surface area contributed by atoms with Crippen molar-refractivity contribution in [3.05, 3.63) is 39.8 Å². The number of aryl methyl sites for hydroxylation is 1. The summed E-state index contributed by atoms with van der Waals surface area (Å²) in [4.78, 5) is 4.03. The van der Waals surface area contributed by atoms with Crippen LogP contribution in [-0.4, -0.2) is 4.98 Å². The molecular weight excluding hydrogens is 265 g/mol. The SMILES string of the molecule is Cc1ncc(-c2cc(Cl)ccc2Br)o1. The summed E-state index contributed by atoms with van der Waals surface area (Å²) >= 11 is 9.32. The average molecular weight is 273 g/mol. The van der Waals surface area contributed by atoms with Crippen LogP contribution in [0.3, 0.4) is 0 Å². The van der Waals surface area contributed by atoms with E-state index < -0.39 is 0 Å². The maximum atomic E-state index is 5.89. The fraction of sp³-hybridized carbons (Fsp3) is 0.100. The van der Waals surface area contributed by atoms with Crippen LogP contribution in [0, 0.1) is 6.92 Å². The minimum Gasteiger partial charge on any atom is -0.441 e. The van der Waals surface area contributed by atoms with Gasteiger partial charge in [-0.2, -0.15) is 0 Å². The lowest BCUT2D eigenvalue weighted by Crippen LogP contribution is -1.76. The zero-order valence-corrected chi connectivity index (χ0v) is 9.76. The molecule has 0 atom stereocenters. The van der Waals surface area contributed by atoms with Crippen molar-refractivity contribution < 1.29 is 4.42 Å². The van der Waals surface area contributed by atoms with Gasteiger partial charge in [-0.25, -0.2) is 4.98 Å². The summed E-state index contributed by atoms with van der Waals surface area (Å²) in [6.45, 7) is 1.81. The molecular formula is C10H7BrClNO. The summed E-state index contributed by atoms with van der Waals surface area (Å²) in [6.07, 6.45) is 1.69. The lowest BCUT2D eigenvalue weighted by molar-refractivity contribution is 0.534. The van der Waals surface area contributed by atoms with Gasteiger partial charge >= 0.3 is 0 Å². The third-order valence-corrected chi connectivity index (χ3v) is 2.74. The van der Waals surface area contributed by atoms with Gasteiger partial charge in [0.25, 0.3) is 0 Å². The monoisotopic (exact) mass is 271 g/mol. The van der Waals surface area contributed by atoms with Crippen molar-refractivity contribution in [3.63, 3.8) is 0 Å². The van der Waals surface area contributed by atoms with Gasteiger partial charge < -0.3 is 4.42 Å². The van der Waals surface area contributed by atoms with Crippen LogP contribution in [0.5, 0.6) is 0 Å². The number of benzene rings is 1. The molecule has 1 aromatic carbocycles. The molecule has 0 spiro atoms. The number of halogens is 2. The maximum Gasteiger partial charge on any atom is 0.191 e. The first kappa shape index (κ1) is 9.74. The Morgan fingerprint density at radius 1 is 1.43 bits per heavy atom. The maximum absolute atomic E-state index is 5.89. The summed E-state index contributed by atoms with van der Waals surface area (Å²) in [5.41, 5.74) is 0.915. The highest BCUT2D eigenvalue weighted by molar-refractivity contribution is 9.10. The molecule has 0 radical (unpaired) electrons. The Morgan fingerprint density at radius 3 is 2.86 bits per heavy atom. The van der Waals surface area contributed by atoms with E-state index in [0.29, 0.717) is 10.9 Å². The number of aromatic nitrogens is 1. The summed E-state index contributed by atoms with van der Waals surface area (Å²) < 4.78 is 6.35. The molecule has 0 aliphatic heterocycles. The van der Waals surface area contributed by atoms with E-state index in [2.05, 4.69) is 20.9 Å². The number of hydrogen-bond acceptors (Lipinski definition) is 2. The Bertz CT molecular complexity index is 467. The molecule has 0 N–H and O–H groups in total. The van der Waals surface area contributed by atoms with Gasteiger partial charge in [0.1, 0.15) is 0 Å². The van der Waals surface area contributed by atoms with Crippen LogP contribution >= 0.6 is 27.5 Å². The number of rotatable bonds is 1. The minimum absolute atomic E-state index is 0.645. The highest BCUT2D eigenvalue weighted by atomic mass is 79.9. The molecule has 72 valence electrons. The summed E-state index contributed by atoms with van der Waals surface area (Å²) in [5, 5.41) is 0.678. The Labute approximate surface area is 95.0 Å². The third-order valence-electron chi connectivity index (χ3n) is 1.82. The van der Waals surface area contributed by atoms with Gasteiger partial charge in [0.15, 0.2) is 11.7 Å². The van der Waals surface area contributed by atoms with Crippen molar-refractivity contribution in [2.75, 3.05) is 0 Å². The van der Waals surface area contributed by atoms with Crippen LogP contribution in [0.1, 0.15) is 5.89 Å². The quantitative estimate of drug-likeness (QED) is 0.782. The molecule has 0 aliphatic carbocycles. The highest BCUT2D eigenvalue weighted by Gasteiger charge is 2.08. The zero-order chi connectivity index (χ0) is 10.1. The van der Waals surface area contributed by atoms with Crippen LogP contribution < -0.4 is 0 Å². The van der Waals surface area contributed by atoms with Crippen molar-refractivity contribution >= 4 is 27.5 Å². The predicted octanol–water partition coefficient (Wildman–Crippen LogP) is 4.07. The summed E-state index contributed by atoms with van der Waals surface area (Å²) in [6, 6.07) is 5.54. The molecule has 0 bridgehead atoms. The van der Waals surface area contributed by atoms with Crippen LogP contribution in [0.2, 0.25) is 5.02 Å². The smallest absolute Gasteiger partial charge is 0.191 e. The number of hydrogen-bond donors (Lipinski definition) is 0. The van der Waals surface area contributed by atoms with Crippen LogP contribution in [0.25, 0.3) is 11.3 Å². The molecule has 0 unspecified atom stereocenters. The minimum atomic E-state index is 0.645. The van der Waals surface area contributed by atoms with Gasteiger partial charge in [0, 0.05) is 22.0 Å². The average Bonchev–Trinajstić information content (AvgIpc) is 2.56. The Morgan fingerprint density at radius 2 is 2.21 bits per heavy atom. The number of oxazole rings is 1. The largest absolute Gasteiger partial charge is 0.441 e. The van der Waals surface area contributed by atoms with Crippen molar-refractivity contribution in [2.45, 2.75) is 6.92 Å². The molecule has 4 heteroatoms. The van der Waals surface area contributed by atoms with E-state index in [1.165, 1.54) is 0 Å². The van der Waals surface area contributed by atoms with Crippen molar-refractivity contribution in [2.24, 2.45) is 0 Å². The van der Waals surface area contributed by atoms with Gasteiger partial charge in [-0.05, 0) is 18.2 Å². The molecule has 2 aromatic rings. The Balaban J connectivity index is 2.55. The third kappa shape index (κ3) is 1.83. The standard InChI is InChI=1S/C10H7BrClNO/c1-6-13-5-10(14-6)8-4-7(12)2-3-9(8)11/h2-5H,1H3. The summed E-state index contributed by atoms with van der Waals surface area (Å²) in [5.74, 6) is 1.36. The topological polar surface area (TPSA) is 26.0 Å². The number of nitrogens with zero attached hydrogens (tertiary/aromatic N) is 1. The highest BCUT2D eigenvalue weighted by Crippen LogP contribution is 2.30. The molecule has 0 fully saturated rings. The lowest BCUT2D eigenvalue weighted by atomic mass is 10.2. The van der Waals surface area contributed by atoms with Crippen LogP contribution in [0.4, 0.5) is 0 Å². The van der Waals surface area contributed by atoms with Crippen molar-refractivity contribution in [3.8, 4) is 11.3 Å². The van der Waals surface area contributed by atoms with Gasteiger partial charge in [0.2, 0.25) is 0 Å². The molecule has 0 amide bonds. The normalized spacial score (nSPS) is 10.5. The second kappa shape index (κ2) is 3.75. The molecule has 1 aromatic heterocycles. The fourth-order valence-corrected chi connectivity index (χ4v) is 1.79. The molecule has 1 heterocycles. The van der Waals surface area contributed by atoms with E-state index in [1.54, 1.807) is 6.20 Å². The Kier molecular flexibility index (Phi) is 2.61. The first-order valence-corrected chi connectivity index (χ1v) is 5.22.